The second kappa shape index (κ2) is 4.90. The maximum absolute atomic E-state index is 11.3. The van der Waals surface area contributed by atoms with E-state index in [1.54, 1.807) is 0 Å². The van der Waals surface area contributed by atoms with Gasteiger partial charge in [0.05, 0.1) is 22.7 Å². The second-order valence-electron chi connectivity index (χ2n) is 4.39. The SMILES string of the molecule is Cc1cccc2nc(CCl)n(CCS(C)(=O)=O)c12. The molecular formula is C12H15ClN2O2S. The highest BCUT2D eigenvalue weighted by Crippen LogP contribution is 2.21. The Kier molecular flexibility index (Phi) is 3.64. The Morgan fingerprint density at radius 1 is 1.39 bits per heavy atom. The van der Waals surface area contributed by atoms with Crippen molar-refractivity contribution in [2.24, 2.45) is 0 Å². The summed E-state index contributed by atoms with van der Waals surface area (Å²) in [6.07, 6.45) is 1.24. The number of aromatic nitrogens is 2. The van der Waals surface area contributed by atoms with E-state index in [1.807, 2.05) is 29.7 Å². The van der Waals surface area contributed by atoms with Gasteiger partial charge in [-0.2, -0.15) is 0 Å². The molecular weight excluding hydrogens is 272 g/mol. The largest absolute Gasteiger partial charge is 0.326 e. The molecule has 6 heteroatoms. The summed E-state index contributed by atoms with van der Waals surface area (Å²) >= 11 is 5.87. The molecule has 0 radical (unpaired) electrons. The van der Waals surface area contributed by atoms with Gasteiger partial charge in [0.15, 0.2) is 0 Å². The number of rotatable bonds is 4. The molecule has 1 heterocycles. The minimum absolute atomic E-state index is 0.0939. The molecule has 2 aromatic rings. The highest BCUT2D eigenvalue weighted by molar-refractivity contribution is 7.90. The smallest absolute Gasteiger partial charge is 0.149 e. The second-order valence-corrected chi connectivity index (χ2v) is 6.91. The van der Waals surface area contributed by atoms with Crippen LogP contribution in [0.25, 0.3) is 11.0 Å². The van der Waals surface area contributed by atoms with E-state index in [1.165, 1.54) is 6.26 Å². The van der Waals surface area contributed by atoms with Crippen molar-refractivity contribution in [1.29, 1.82) is 0 Å². The first-order valence-corrected chi connectivity index (χ1v) is 8.20. The standard InChI is InChI=1S/C12H15ClN2O2S/c1-9-4-3-5-10-12(9)15(11(8-13)14-10)6-7-18(2,16)17/h3-5H,6-8H2,1-2H3. The molecule has 18 heavy (non-hydrogen) atoms. The summed E-state index contributed by atoms with van der Waals surface area (Å²) in [5, 5.41) is 0. The van der Waals surface area contributed by atoms with Crippen LogP contribution in [0.5, 0.6) is 0 Å². The van der Waals surface area contributed by atoms with Crippen LogP contribution < -0.4 is 0 Å². The Bertz CT molecular complexity index is 677. The average Bonchev–Trinajstić information content (AvgIpc) is 2.64. The van der Waals surface area contributed by atoms with E-state index in [4.69, 9.17) is 11.6 Å². The molecule has 0 aliphatic rings. The predicted molar refractivity (Wildman–Crippen MR) is 73.7 cm³/mol. The van der Waals surface area contributed by atoms with E-state index in [9.17, 15) is 8.42 Å². The molecule has 0 aliphatic heterocycles. The molecule has 0 amide bonds. The maximum atomic E-state index is 11.3. The highest BCUT2D eigenvalue weighted by atomic mass is 35.5. The van der Waals surface area contributed by atoms with E-state index in [-0.39, 0.29) is 11.6 Å². The fourth-order valence-electron chi connectivity index (χ4n) is 2.01. The van der Waals surface area contributed by atoms with Crippen LogP contribution in [-0.2, 0) is 22.3 Å². The molecule has 1 aromatic heterocycles. The number of imidazole rings is 1. The van der Waals surface area contributed by atoms with Crippen LogP contribution in [0.3, 0.4) is 0 Å². The Hall–Kier alpha value is -1.07. The number of benzene rings is 1. The first-order chi connectivity index (χ1) is 8.42. The number of fused-ring (bicyclic) bond motifs is 1. The summed E-state index contributed by atoms with van der Waals surface area (Å²) in [5.41, 5.74) is 2.90. The third kappa shape index (κ3) is 2.67. The fraction of sp³-hybridized carbons (Fsp3) is 0.417. The summed E-state index contributed by atoms with van der Waals surface area (Å²) < 4.78 is 24.5. The van der Waals surface area contributed by atoms with E-state index >= 15 is 0 Å². The van der Waals surface area contributed by atoms with Crippen molar-refractivity contribution in [3.63, 3.8) is 0 Å². The quantitative estimate of drug-likeness (QED) is 0.809. The molecule has 0 fully saturated rings. The lowest BCUT2D eigenvalue weighted by molar-refractivity contribution is 0.594. The van der Waals surface area contributed by atoms with Gasteiger partial charge in [-0.15, -0.1) is 11.6 Å². The molecule has 0 saturated heterocycles. The molecule has 0 atom stereocenters. The van der Waals surface area contributed by atoms with E-state index < -0.39 is 9.84 Å². The summed E-state index contributed by atoms with van der Waals surface area (Å²) in [5.74, 6) is 1.08. The van der Waals surface area contributed by atoms with E-state index in [0.717, 1.165) is 16.6 Å². The van der Waals surface area contributed by atoms with Gasteiger partial charge in [0, 0.05) is 12.8 Å². The van der Waals surface area contributed by atoms with Gasteiger partial charge in [-0.3, -0.25) is 0 Å². The zero-order valence-corrected chi connectivity index (χ0v) is 11.9. The minimum Gasteiger partial charge on any atom is -0.326 e. The van der Waals surface area contributed by atoms with Crippen molar-refractivity contribution in [3.05, 3.63) is 29.6 Å². The molecule has 2 rings (SSSR count). The number of halogens is 1. The summed E-state index contributed by atoms with van der Waals surface area (Å²) in [4.78, 5) is 4.43. The number of sulfone groups is 1. The normalized spacial score (nSPS) is 12.2. The minimum atomic E-state index is -3.00. The lowest BCUT2D eigenvalue weighted by Gasteiger charge is -2.08. The number of hydrogen-bond donors (Lipinski definition) is 0. The van der Waals surface area contributed by atoms with Gasteiger partial charge in [-0.1, -0.05) is 12.1 Å². The third-order valence-electron chi connectivity index (χ3n) is 2.85. The summed E-state index contributed by atoms with van der Waals surface area (Å²) in [6, 6.07) is 5.83. The van der Waals surface area contributed by atoms with Gasteiger partial charge < -0.3 is 4.57 Å². The van der Waals surface area contributed by atoms with Crippen molar-refractivity contribution in [2.45, 2.75) is 19.3 Å². The van der Waals surface area contributed by atoms with Crippen molar-refractivity contribution < 1.29 is 8.42 Å². The molecule has 0 bridgehead atoms. The average molecular weight is 287 g/mol. The van der Waals surface area contributed by atoms with Crippen LogP contribution >= 0.6 is 11.6 Å². The molecule has 98 valence electrons. The van der Waals surface area contributed by atoms with Crippen molar-refractivity contribution in [2.75, 3.05) is 12.0 Å². The van der Waals surface area contributed by atoms with Gasteiger partial charge in [-0.05, 0) is 18.6 Å². The van der Waals surface area contributed by atoms with Crippen LogP contribution in [0.15, 0.2) is 18.2 Å². The molecule has 0 unspecified atom stereocenters. The topological polar surface area (TPSA) is 52.0 Å². The van der Waals surface area contributed by atoms with Crippen molar-refractivity contribution >= 4 is 32.5 Å². The highest BCUT2D eigenvalue weighted by Gasteiger charge is 2.13. The van der Waals surface area contributed by atoms with Crippen LogP contribution in [0.1, 0.15) is 11.4 Å². The Morgan fingerprint density at radius 2 is 2.11 bits per heavy atom. The first kappa shape index (κ1) is 13.4. The number of alkyl halides is 1. The zero-order valence-electron chi connectivity index (χ0n) is 10.4. The fourth-order valence-corrected chi connectivity index (χ4v) is 2.73. The van der Waals surface area contributed by atoms with Crippen LogP contribution in [0.4, 0.5) is 0 Å². The molecule has 0 saturated carbocycles. The molecule has 0 N–H and O–H groups in total. The van der Waals surface area contributed by atoms with Gasteiger partial charge in [0.1, 0.15) is 15.7 Å². The molecule has 0 aliphatic carbocycles. The lowest BCUT2D eigenvalue weighted by atomic mass is 10.2. The Morgan fingerprint density at radius 3 is 2.72 bits per heavy atom. The first-order valence-electron chi connectivity index (χ1n) is 5.61. The van der Waals surface area contributed by atoms with Gasteiger partial charge in [0.2, 0.25) is 0 Å². The number of nitrogens with zero attached hydrogens (tertiary/aromatic N) is 2. The van der Waals surface area contributed by atoms with Gasteiger partial charge >= 0.3 is 0 Å². The number of para-hydroxylation sites is 1. The zero-order chi connectivity index (χ0) is 13.3. The Balaban J connectivity index is 2.53. The van der Waals surface area contributed by atoms with E-state index in [2.05, 4.69) is 4.98 Å². The van der Waals surface area contributed by atoms with Crippen LogP contribution in [0, 0.1) is 6.92 Å². The van der Waals surface area contributed by atoms with Crippen molar-refractivity contribution in [3.8, 4) is 0 Å². The van der Waals surface area contributed by atoms with Crippen LogP contribution in [0.2, 0.25) is 0 Å². The molecule has 1 aromatic carbocycles. The summed E-state index contributed by atoms with van der Waals surface area (Å²) in [7, 11) is -3.00. The monoisotopic (exact) mass is 286 g/mol. The molecule has 0 spiro atoms. The van der Waals surface area contributed by atoms with E-state index in [0.29, 0.717) is 12.4 Å². The van der Waals surface area contributed by atoms with Gasteiger partial charge in [-0.25, -0.2) is 13.4 Å². The number of hydrogen-bond acceptors (Lipinski definition) is 3. The van der Waals surface area contributed by atoms with Crippen LogP contribution in [-0.4, -0.2) is 30.0 Å². The summed E-state index contributed by atoms with van der Waals surface area (Å²) in [6.45, 7) is 2.38. The maximum Gasteiger partial charge on any atom is 0.149 e. The van der Waals surface area contributed by atoms with Crippen molar-refractivity contribution in [1.82, 2.24) is 9.55 Å². The predicted octanol–water partition coefficient (Wildman–Crippen LogP) is 2.13. The lowest BCUT2D eigenvalue weighted by Crippen LogP contribution is -2.13. The Labute approximate surface area is 112 Å². The third-order valence-corrected chi connectivity index (χ3v) is 4.02. The molecule has 4 nitrogen and oxygen atoms in total. The number of aryl methyl sites for hydroxylation is 2. The van der Waals surface area contributed by atoms with Gasteiger partial charge in [0.25, 0.3) is 0 Å².